The van der Waals surface area contributed by atoms with Crippen molar-refractivity contribution < 1.29 is 4.74 Å². The van der Waals surface area contributed by atoms with E-state index in [0.717, 1.165) is 17.9 Å². The lowest BCUT2D eigenvalue weighted by atomic mass is 10.2. The van der Waals surface area contributed by atoms with E-state index < -0.39 is 0 Å². The molecule has 1 aromatic heterocycles. The van der Waals surface area contributed by atoms with Crippen LogP contribution in [0.1, 0.15) is 11.3 Å². The Bertz CT molecular complexity index is 551. The summed E-state index contributed by atoms with van der Waals surface area (Å²) in [5.41, 5.74) is 3.18. The highest BCUT2D eigenvalue weighted by Gasteiger charge is 2.04. The van der Waals surface area contributed by atoms with E-state index >= 15 is 0 Å². The fourth-order valence-electron chi connectivity index (χ4n) is 1.79. The zero-order chi connectivity index (χ0) is 13.1. The Balaban J connectivity index is 2.08. The quantitative estimate of drug-likeness (QED) is 0.924. The summed E-state index contributed by atoms with van der Waals surface area (Å²) in [6.07, 6.45) is 2.01. The fourth-order valence-corrected chi connectivity index (χ4v) is 1.98. The summed E-state index contributed by atoms with van der Waals surface area (Å²) >= 11 is 5.98. The van der Waals surface area contributed by atoms with E-state index in [4.69, 9.17) is 16.3 Å². The van der Waals surface area contributed by atoms with Gasteiger partial charge in [-0.15, -0.1) is 0 Å². The minimum atomic E-state index is 0.612. The first-order valence-corrected chi connectivity index (χ1v) is 6.04. The fraction of sp³-hybridized carbons (Fsp3) is 0.308. The lowest BCUT2D eigenvalue weighted by molar-refractivity contribution is 0.415. The average Bonchev–Trinajstić information content (AvgIpc) is 2.67. The summed E-state index contributed by atoms with van der Waals surface area (Å²) in [6, 6.07) is 5.63. The Kier molecular flexibility index (Phi) is 3.77. The molecule has 0 atom stereocenters. The van der Waals surface area contributed by atoms with Gasteiger partial charge >= 0.3 is 0 Å². The molecule has 0 saturated heterocycles. The molecule has 2 rings (SSSR count). The third-order valence-electron chi connectivity index (χ3n) is 2.75. The highest BCUT2D eigenvalue weighted by molar-refractivity contribution is 6.32. The van der Waals surface area contributed by atoms with Gasteiger partial charge in [0.1, 0.15) is 5.75 Å². The summed E-state index contributed by atoms with van der Waals surface area (Å²) in [6.45, 7) is 2.73. The van der Waals surface area contributed by atoms with Gasteiger partial charge < -0.3 is 10.1 Å². The summed E-state index contributed by atoms with van der Waals surface area (Å²) in [5, 5.41) is 8.24. The normalized spacial score (nSPS) is 10.4. The van der Waals surface area contributed by atoms with Crippen molar-refractivity contribution >= 4 is 17.3 Å². The molecule has 1 aromatic carbocycles. The van der Waals surface area contributed by atoms with Crippen LogP contribution in [0.5, 0.6) is 5.75 Å². The number of halogens is 1. The lowest BCUT2D eigenvalue weighted by Crippen LogP contribution is -2.00. The smallest absolute Gasteiger partial charge is 0.139 e. The van der Waals surface area contributed by atoms with Crippen LogP contribution in [0.15, 0.2) is 24.4 Å². The number of hydrogen-bond acceptors (Lipinski definition) is 3. The van der Waals surface area contributed by atoms with Gasteiger partial charge in [-0.05, 0) is 19.1 Å². The number of aryl methyl sites for hydroxylation is 2. The van der Waals surface area contributed by atoms with Crippen molar-refractivity contribution in [3.05, 3.63) is 40.7 Å². The SMILES string of the molecule is COc1cc(NCc2cn(C)nc2C)ccc1Cl. The molecule has 0 saturated carbocycles. The molecule has 0 aliphatic carbocycles. The van der Waals surface area contributed by atoms with Crippen molar-refractivity contribution in [2.75, 3.05) is 12.4 Å². The Morgan fingerprint density at radius 2 is 2.22 bits per heavy atom. The second-order valence-corrected chi connectivity index (χ2v) is 4.52. The summed E-state index contributed by atoms with van der Waals surface area (Å²) in [7, 11) is 3.53. The molecule has 5 heteroatoms. The zero-order valence-corrected chi connectivity index (χ0v) is 11.5. The van der Waals surface area contributed by atoms with Crippen LogP contribution >= 0.6 is 11.6 Å². The first-order chi connectivity index (χ1) is 8.60. The molecule has 0 fully saturated rings. The largest absolute Gasteiger partial charge is 0.495 e. The van der Waals surface area contributed by atoms with Crippen molar-refractivity contribution in [1.29, 1.82) is 0 Å². The number of rotatable bonds is 4. The first kappa shape index (κ1) is 12.8. The highest BCUT2D eigenvalue weighted by atomic mass is 35.5. The van der Waals surface area contributed by atoms with Gasteiger partial charge in [0.15, 0.2) is 0 Å². The Morgan fingerprint density at radius 3 is 2.83 bits per heavy atom. The molecule has 0 spiro atoms. The van der Waals surface area contributed by atoms with Crippen molar-refractivity contribution in [3.63, 3.8) is 0 Å². The molecular weight excluding hydrogens is 250 g/mol. The summed E-state index contributed by atoms with van der Waals surface area (Å²) in [4.78, 5) is 0. The first-order valence-electron chi connectivity index (χ1n) is 5.66. The molecule has 4 nitrogen and oxygen atoms in total. The molecule has 0 aliphatic heterocycles. The molecular formula is C13H16ClN3O. The van der Waals surface area contributed by atoms with E-state index in [-0.39, 0.29) is 0 Å². The van der Waals surface area contributed by atoms with E-state index in [1.54, 1.807) is 7.11 Å². The van der Waals surface area contributed by atoms with Gasteiger partial charge in [0.05, 0.1) is 17.8 Å². The lowest BCUT2D eigenvalue weighted by Gasteiger charge is -2.08. The number of ether oxygens (including phenoxy) is 1. The minimum absolute atomic E-state index is 0.612. The molecule has 1 heterocycles. The number of anilines is 1. The second kappa shape index (κ2) is 5.31. The number of nitrogens with zero attached hydrogens (tertiary/aromatic N) is 2. The van der Waals surface area contributed by atoms with E-state index in [0.29, 0.717) is 10.8 Å². The molecule has 18 heavy (non-hydrogen) atoms. The topological polar surface area (TPSA) is 39.1 Å². The Hall–Kier alpha value is -1.68. The van der Waals surface area contributed by atoms with Crippen molar-refractivity contribution in [2.45, 2.75) is 13.5 Å². The van der Waals surface area contributed by atoms with Gasteiger partial charge in [0.2, 0.25) is 0 Å². The summed E-state index contributed by atoms with van der Waals surface area (Å²) in [5.74, 6) is 0.671. The van der Waals surface area contributed by atoms with E-state index in [2.05, 4.69) is 10.4 Å². The zero-order valence-electron chi connectivity index (χ0n) is 10.7. The van der Waals surface area contributed by atoms with E-state index in [1.807, 2.05) is 43.0 Å². The molecule has 0 aliphatic rings. The minimum Gasteiger partial charge on any atom is -0.495 e. The molecule has 0 radical (unpaired) electrons. The highest BCUT2D eigenvalue weighted by Crippen LogP contribution is 2.27. The van der Waals surface area contributed by atoms with Gasteiger partial charge in [-0.25, -0.2) is 0 Å². The molecule has 0 unspecified atom stereocenters. The molecule has 0 amide bonds. The average molecular weight is 266 g/mol. The monoisotopic (exact) mass is 265 g/mol. The van der Waals surface area contributed by atoms with Gasteiger partial charge in [0.25, 0.3) is 0 Å². The van der Waals surface area contributed by atoms with Crippen LogP contribution < -0.4 is 10.1 Å². The van der Waals surface area contributed by atoms with Crippen LogP contribution in [0, 0.1) is 6.92 Å². The maximum absolute atomic E-state index is 5.98. The van der Waals surface area contributed by atoms with Crippen LogP contribution in [0.2, 0.25) is 5.02 Å². The van der Waals surface area contributed by atoms with E-state index in [9.17, 15) is 0 Å². The number of methoxy groups -OCH3 is 1. The predicted octanol–water partition coefficient (Wildman–Crippen LogP) is 3.00. The van der Waals surface area contributed by atoms with Gasteiger partial charge in [0, 0.05) is 37.1 Å². The Labute approximate surface area is 112 Å². The molecule has 0 bridgehead atoms. The van der Waals surface area contributed by atoms with Crippen LogP contribution in [0.25, 0.3) is 0 Å². The number of benzene rings is 1. The van der Waals surface area contributed by atoms with Crippen LogP contribution in [-0.2, 0) is 13.6 Å². The maximum Gasteiger partial charge on any atom is 0.139 e. The predicted molar refractivity (Wildman–Crippen MR) is 73.3 cm³/mol. The van der Waals surface area contributed by atoms with E-state index in [1.165, 1.54) is 5.56 Å². The standard InChI is InChI=1S/C13H16ClN3O/c1-9-10(8-17(2)16-9)7-15-11-4-5-12(14)13(6-11)18-3/h4-6,8,15H,7H2,1-3H3. The number of hydrogen-bond donors (Lipinski definition) is 1. The van der Waals surface area contributed by atoms with Crippen molar-refractivity contribution in [3.8, 4) is 5.75 Å². The molecule has 96 valence electrons. The van der Waals surface area contributed by atoms with Gasteiger partial charge in [-0.1, -0.05) is 11.6 Å². The van der Waals surface area contributed by atoms with Crippen molar-refractivity contribution in [1.82, 2.24) is 9.78 Å². The van der Waals surface area contributed by atoms with Gasteiger partial charge in [-0.2, -0.15) is 5.10 Å². The number of aromatic nitrogens is 2. The van der Waals surface area contributed by atoms with Crippen LogP contribution in [-0.4, -0.2) is 16.9 Å². The second-order valence-electron chi connectivity index (χ2n) is 4.12. The third kappa shape index (κ3) is 2.76. The Morgan fingerprint density at radius 1 is 1.44 bits per heavy atom. The van der Waals surface area contributed by atoms with Crippen LogP contribution in [0.3, 0.4) is 0 Å². The van der Waals surface area contributed by atoms with Crippen molar-refractivity contribution in [2.24, 2.45) is 7.05 Å². The summed E-state index contributed by atoms with van der Waals surface area (Å²) < 4.78 is 6.99. The third-order valence-corrected chi connectivity index (χ3v) is 3.06. The van der Waals surface area contributed by atoms with Gasteiger partial charge in [-0.3, -0.25) is 4.68 Å². The number of nitrogens with one attached hydrogen (secondary N) is 1. The molecule has 1 N–H and O–H groups in total. The maximum atomic E-state index is 5.98. The molecule has 2 aromatic rings. The van der Waals surface area contributed by atoms with Crippen LogP contribution in [0.4, 0.5) is 5.69 Å².